The van der Waals surface area contributed by atoms with Crippen molar-refractivity contribution in [1.82, 2.24) is 9.47 Å². The number of carbonyl (C=O) groups is 1. The molecular weight excluding hydrogens is 309 g/mol. The van der Waals surface area contributed by atoms with Crippen LogP contribution in [0.15, 0.2) is 24.3 Å². The summed E-state index contributed by atoms with van der Waals surface area (Å²) in [7, 11) is 3.17. The van der Waals surface area contributed by atoms with Gasteiger partial charge in [-0.15, -0.1) is 0 Å². The molecule has 4 nitrogen and oxygen atoms in total. The topological polar surface area (TPSA) is 45.5 Å². The molecule has 0 saturated heterocycles. The van der Waals surface area contributed by atoms with Crippen LogP contribution in [0.25, 0.3) is 10.9 Å². The van der Waals surface area contributed by atoms with Crippen LogP contribution in [0.3, 0.4) is 0 Å². The predicted octanol–water partition coefficient (Wildman–Crippen LogP) is 3.04. The standard InChI is InChI=1S/C16H19F3N2O2/c1-15(2,23)9-20(3)14(22)13-8-10-7-11(16(17,18)19)5-6-12(10)21(13)4/h5-8,23H,9H2,1-4H3. The highest BCUT2D eigenvalue weighted by Gasteiger charge is 2.31. The second-order valence-electron chi connectivity index (χ2n) is 6.33. The smallest absolute Gasteiger partial charge is 0.389 e. The molecule has 1 aromatic carbocycles. The number of likely N-dealkylation sites (N-methyl/N-ethyl adjacent to an activating group) is 1. The number of rotatable bonds is 3. The zero-order chi connectivity index (χ0) is 17.6. The maximum Gasteiger partial charge on any atom is 0.416 e. The minimum absolute atomic E-state index is 0.112. The van der Waals surface area contributed by atoms with Gasteiger partial charge in [0.05, 0.1) is 11.2 Å². The fourth-order valence-electron chi connectivity index (χ4n) is 2.58. The Morgan fingerprint density at radius 1 is 1.26 bits per heavy atom. The third-order valence-corrected chi connectivity index (χ3v) is 3.56. The van der Waals surface area contributed by atoms with Crippen LogP contribution >= 0.6 is 0 Å². The molecule has 0 aliphatic carbocycles. The minimum Gasteiger partial charge on any atom is -0.389 e. The molecule has 0 aliphatic heterocycles. The fraction of sp³-hybridized carbons (Fsp3) is 0.438. The van der Waals surface area contributed by atoms with Gasteiger partial charge in [-0.3, -0.25) is 4.79 Å². The molecule has 0 aliphatic rings. The first-order valence-corrected chi connectivity index (χ1v) is 7.05. The van der Waals surface area contributed by atoms with Gasteiger partial charge in [0.2, 0.25) is 0 Å². The summed E-state index contributed by atoms with van der Waals surface area (Å²) >= 11 is 0. The van der Waals surface area contributed by atoms with Crippen molar-refractivity contribution in [3.05, 3.63) is 35.5 Å². The largest absolute Gasteiger partial charge is 0.416 e. The van der Waals surface area contributed by atoms with Crippen LogP contribution < -0.4 is 0 Å². The van der Waals surface area contributed by atoms with Gasteiger partial charge in [-0.25, -0.2) is 0 Å². The van der Waals surface area contributed by atoms with E-state index in [1.54, 1.807) is 32.5 Å². The Balaban J connectivity index is 2.42. The second kappa shape index (κ2) is 5.56. The van der Waals surface area contributed by atoms with E-state index < -0.39 is 17.3 Å². The quantitative estimate of drug-likeness (QED) is 0.941. The molecule has 0 spiro atoms. The Bertz CT molecular complexity index is 742. The first-order chi connectivity index (χ1) is 10.4. The highest BCUT2D eigenvalue weighted by atomic mass is 19.4. The lowest BCUT2D eigenvalue weighted by Gasteiger charge is -2.25. The van der Waals surface area contributed by atoms with Gasteiger partial charge in [-0.05, 0) is 38.1 Å². The average Bonchev–Trinajstić information content (AvgIpc) is 2.72. The first-order valence-electron chi connectivity index (χ1n) is 7.05. The molecule has 23 heavy (non-hydrogen) atoms. The van der Waals surface area contributed by atoms with Crippen molar-refractivity contribution in [2.75, 3.05) is 13.6 Å². The lowest BCUT2D eigenvalue weighted by atomic mass is 10.1. The molecule has 7 heteroatoms. The van der Waals surface area contributed by atoms with E-state index in [-0.39, 0.29) is 18.1 Å². The maximum absolute atomic E-state index is 12.8. The van der Waals surface area contributed by atoms with Gasteiger partial charge in [-0.1, -0.05) is 0 Å². The second-order valence-corrected chi connectivity index (χ2v) is 6.33. The van der Waals surface area contributed by atoms with Gasteiger partial charge in [-0.2, -0.15) is 13.2 Å². The number of aliphatic hydroxyl groups is 1. The molecule has 1 heterocycles. The number of benzene rings is 1. The van der Waals surface area contributed by atoms with Crippen molar-refractivity contribution >= 4 is 16.8 Å². The number of amides is 1. The molecule has 1 N–H and O–H groups in total. The van der Waals surface area contributed by atoms with Gasteiger partial charge < -0.3 is 14.6 Å². The summed E-state index contributed by atoms with van der Waals surface area (Å²) in [5.41, 5.74) is -0.998. The van der Waals surface area contributed by atoms with Crippen LogP contribution in [-0.2, 0) is 13.2 Å². The normalized spacial score (nSPS) is 12.7. The van der Waals surface area contributed by atoms with Crippen molar-refractivity contribution in [2.24, 2.45) is 7.05 Å². The van der Waals surface area contributed by atoms with E-state index >= 15 is 0 Å². The van der Waals surface area contributed by atoms with Gasteiger partial charge in [0.15, 0.2) is 0 Å². The average molecular weight is 328 g/mol. The third-order valence-electron chi connectivity index (χ3n) is 3.56. The SMILES string of the molecule is CN(CC(C)(C)O)C(=O)c1cc2cc(C(F)(F)F)ccc2n1C. The Labute approximate surface area is 132 Å². The molecule has 2 aromatic rings. The summed E-state index contributed by atoms with van der Waals surface area (Å²) in [6.07, 6.45) is -4.42. The van der Waals surface area contributed by atoms with Crippen LogP contribution in [0.1, 0.15) is 29.9 Å². The van der Waals surface area contributed by atoms with Gasteiger partial charge >= 0.3 is 6.18 Å². The molecule has 1 aromatic heterocycles. The molecule has 0 fully saturated rings. The highest BCUT2D eigenvalue weighted by molar-refractivity contribution is 5.98. The number of hydrogen-bond donors (Lipinski definition) is 1. The highest BCUT2D eigenvalue weighted by Crippen LogP contribution is 2.32. The Kier molecular flexibility index (Phi) is 4.19. The van der Waals surface area contributed by atoms with Crippen LogP contribution in [0, 0.1) is 0 Å². The lowest BCUT2D eigenvalue weighted by Crippen LogP contribution is -2.40. The van der Waals surface area contributed by atoms with E-state index in [2.05, 4.69) is 0 Å². The van der Waals surface area contributed by atoms with Crippen molar-refractivity contribution < 1.29 is 23.1 Å². The van der Waals surface area contributed by atoms with Crippen molar-refractivity contribution in [2.45, 2.75) is 25.6 Å². The number of halogens is 3. The number of carbonyl (C=O) groups excluding carboxylic acids is 1. The lowest BCUT2D eigenvalue weighted by molar-refractivity contribution is -0.137. The van der Waals surface area contributed by atoms with Crippen LogP contribution in [0.5, 0.6) is 0 Å². The predicted molar refractivity (Wildman–Crippen MR) is 81.2 cm³/mol. The summed E-state index contributed by atoms with van der Waals surface area (Å²) in [5, 5.41) is 10.1. The maximum atomic E-state index is 12.8. The monoisotopic (exact) mass is 328 g/mol. The number of alkyl halides is 3. The van der Waals surface area contributed by atoms with Gasteiger partial charge in [0.1, 0.15) is 5.69 Å². The molecule has 0 unspecified atom stereocenters. The summed E-state index contributed by atoms with van der Waals surface area (Å²) < 4.78 is 39.9. The minimum atomic E-state index is -4.42. The van der Waals surface area contributed by atoms with Crippen LogP contribution in [-0.4, -0.2) is 39.7 Å². The number of nitrogens with zero attached hydrogens (tertiary/aromatic N) is 2. The van der Waals surface area contributed by atoms with E-state index in [1.807, 2.05) is 0 Å². The Morgan fingerprint density at radius 2 is 1.87 bits per heavy atom. The molecule has 0 radical (unpaired) electrons. The zero-order valence-corrected chi connectivity index (χ0v) is 13.4. The summed E-state index contributed by atoms with van der Waals surface area (Å²) in [5.74, 6) is -0.362. The summed E-state index contributed by atoms with van der Waals surface area (Å²) in [4.78, 5) is 13.8. The molecular formula is C16H19F3N2O2. The number of fused-ring (bicyclic) bond motifs is 1. The number of hydrogen-bond acceptors (Lipinski definition) is 2. The molecule has 0 bridgehead atoms. The third kappa shape index (κ3) is 3.67. The van der Waals surface area contributed by atoms with Crippen LogP contribution in [0.4, 0.5) is 13.2 Å². The Hall–Kier alpha value is -2.02. The summed E-state index contributed by atoms with van der Waals surface area (Å²) in [6.45, 7) is 3.27. The van der Waals surface area contributed by atoms with Crippen molar-refractivity contribution in [3.63, 3.8) is 0 Å². The zero-order valence-electron chi connectivity index (χ0n) is 13.4. The van der Waals surface area contributed by atoms with E-state index in [1.165, 1.54) is 17.0 Å². The van der Waals surface area contributed by atoms with E-state index in [0.29, 0.717) is 10.9 Å². The van der Waals surface area contributed by atoms with Gasteiger partial charge in [0, 0.05) is 31.5 Å². The fourth-order valence-corrected chi connectivity index (χ4v) is 2.58. The molecule has 1 amide bonds. The van der Waals surface area contributed by atoms with Crippen molar-refractivity contribution in [3.8, 4) is 0 Å². The van der Waals surface area contributed by atoms with E-state index in [0.717, 1.165) is 12.1 Å². The Morgan fingerprint density at radius 3 is 2.39 bits per heavy atom. The first kappa shape index (κ1) is 17.3. The van der Waals surface area contributed by atoms with Gasteiger partial charge in [0.25, 0.3) is 5.91 Å². The molecule has 0 atom stereocenters. The molecule has 126 valence electrons. The van der Waals surface area contributed by atoms with Crippen LogP contribution in [0.2, 0.25) is 0 Å². The van der Waals surface area contributed by atoms with E-state index in [4.69, 9.17) is 0 Å². The number of aromatic nitrogens is 1. The molecule has 2 rings (SSSR count). The number of aryl methyl sites for hydroxylation is 1. The summed E-state index contributed by atoms with van der Waals surface area (Å²) in [6, 6.07) is 4.82. The van der Waals surface area contributed by atoms with E-state index in [9.17, 15) is 23.1 Å². The van der Waals surface area contributed by atoms with Crippen molar-refractivity contribution in [1.29, 1.82) is 0 Å². The molecule has 0 saturated carbocycles.